The van der Waals surface area contributed by atoms with Gasteiger partial charge in [0.25, 0.3) is 0 Å². The molecule has 0 saturated carbocycles. The average molecular weight is 379 g/mol. The van der Waals surface area contributed by atoms with Gasteiger partial charge in [0.15, 0.2) is 0 Å². The summed E-state index contributed by atoms with van der Waals surface area (Å²) >= 11 is 0. The van der Waals surface area contributed by atoms with Gasteiger partial charge >= 0.3 is 0 Å². The van der Waals surface area contributed by atoms with Crippen molar-refractivity contribution in [2.45, 2.75) is 27.2 Å². The summed E-state index contributed by atoms with van der Waals surface area (Å²) in [5.41, 5.74) is 3.58. The van der Waals surface area contributed by atoms with Crippen molar-refractivity contribution < 1.29 is 14.3 Å². The molecule has 0 unspecified atom stereocenters. The summed E-state index contributed by atoms with van der Waals surface area (Å²) in [6.45, 7) is 6.47. The Labute approximate surface area is 165 Å². The van der Waals surface area contributed by atoms with Gasteiger partial charge in [-0.15, -0.1) is 0 Å². The number of benzene rings is 2. The van der Waals surface area contributed by atoms with Crippen molar-refractivity contribution in [3.05, 3.63) is 65.5 Å². The molecule has 1 amide bonds. The van der Waals surface area contributed by atoms with Crippen LogP contribution >= 0.6 is 0 Å². The number of aryl methyl sites for hydroxylation is 2. The van der Waals surface area contributed by atoms with Crippen molar-refractivity contribution in [2.75, 3.05) is 11.9 Å². The van der Waals surface area contributed by atoms with E-state index in [1.807, 2.05) is 76.3 Å². The van der Waals surface area contributed by atoms with Gasteiger partial charge in [-0.3, -0.25) is 9.48 Å². The van der Waals surface area contributed by atoms with Gasteiger partial charge in [0.1, 0.15) is 17.2 Å². The molecular weight excluding hydrogens is 354 g/mol. The Balaban J connectivity index is 1.58. The van der Waals surface area contributed by atoms with E-state index in [1.54, 1.807) is 4.68 Å². The number of carbonyl (C=O) groups excluding carboxylic acids is 1. The summed E-state index contributed by atoms with van der Waals surface area (Å²) in [4.78, 5) is 12.4. The molecule has 0 radical (unpaired) electrons. The molecule has 0 bridgehead atoms. The Morgan fingerprint density at radius 1 is 1.00 bits per heavy atom. The van der Waals surface area contributed by atoms with E-state index < -0.39 is 0 Å². The van der Waals surface area contributed by atoms with E-state index in [0.717, 1.165) is 34.1 Å². The number of anilines is 1. The zero-order chi connectivity index (χ0) is 20.1. The van der Waals surface area contributed by atoms with Gasteiger partial charge in [-0.25, -0.2) is 0 Å². The Bertz CT molecular complexity index is 944. The molecule has 0 spiro atoms. The second-order valence-corrected chi connectivity index (χ2v) is 6.53. The first-order valence-corrected chi connectivity index (χ1v) is 9.26. The Morgan fingerprint density at radius 2 is 1.57 bits per heavy atom. The highest BCUT2D eigenvalue weighted by Crippen LogP contribution is 2.25. The highest BCUT2D eigenvalue weighted by Gasteiger charge is 2.13. The van der Waals surface area contributed by atoms with Gasteiger partial charge in [-0.2, -0.15) is 5.10 Å². The molecule has 0 fully saturated rings. The molecule has 1 heterocycles. The maximum atomic E-state index is 12.4. The molecule has 0 aliphatic heterocycles. The van der Waals surface area contributed by atoms with Crippen molar-refractivity contribution in [1.82, 2.24) is 9.78 Å². The topological polar surface area (TPSA) is 65.4 Å². The first-order chi connectivity index (χ1) is 13.5. The SMILES string of the molecule is CCOc1ccc(Oc2ccc(NC(=O)Cc3c(C)nn(C)c3C)cc2)cc1. The molecule has 2 aromatic carbocycles. The number of hydrogen-bond donors (Lipinski definition) is 1. The lowest BCUT2D eigenvalue weighted by Crippen LogP contribution is -2.15. The number of carbonyl (C=O) groups is 1. The molecule has 0 saturated heterocycles. The lowest BCUT2D eigenvalue weighted by Gasteiger charge is -2.09. The van der Waals surface area contributed by atoms with Crippen molar-refractivity contribution in [3.63, 3.8) is 0 Å². The van der Waals surface area contributed by atoms with E-state index in [4.69, 9.17) is 9.47 Å². The number of nitrogens with zero attached hydrogens (tertiary/aromatic N) is 2. The maximum absolute atomic E-state index is 12.4. The van der Waals surface area contributed by atoms with E-state index in [0.29, 0.717) is 18.8 Å². The Kier molecular flexibility index (Phi) is 5.99. The predicted molar refractivity (Wildman–Crippen MR) is 109 cm³/mol. The summed E-state index contributed by atoms with van der Waals surface area (Å²) < 4.78 is 13.0. The van der Waals surface area contributed by atoms with Gasteiger partial charge in [0.2, 0.25) is 5.91 Å². The molecule has 28 heavy (non-hydrogen) atoms. The van der Waals surface area contributed by atoms with Gasteiger partial charge < -0.3 is 14.8 Å². The second kappa shape index (κ2) is 8.61. The van der Waals surface area contributed by atoms with Crippen LogP contribution in [0.2, 0.25) is 0 Å². The summed E-state index contributed by atoms with van der Waals surface area (Å²) in [5, 5.41) is 7.27. The van der Waals surface area contributed by atoms with Gasteiger partial charge in [0, 0.05) is 24.0 Å². The number of amides is 1. The standard InChI is InChI=1S/C22H25N3O3/c1-5-27-18-10-12-20(13-11-18)28-19-8-6-17(7-9-19)23-22(26)14-21-15(2)24-25(4)16(21)3/h6-13H,5,14H2,1-4H3,(H,23,26). The number of rotatable bonds is 7. The molecule has 0 aliphatic carbocycles. The molecule has 3 aromatic rings. The van der Waals surface area contributed by atoms with E-state index >= 15 is 0 Å². The summed E-state index contributed by atoms with van der Waals surface area (Å²) in [7, 11) is 1.88. The van der Waals surface area contributed by atoms with E-state index in [9.17, 15) is 4.79 Å². The quantitative estimate of drug-likeness (QED) is 0.660. The van der Waals surface area contributed by atoms with Crippen LogP contribution in [0.4, 0.5) is 5.69 Å². The maximum Gasteiger partial charge on any atom is 0.228 e. The molecule has 0 atom stereocenters. The molecule has 6 heteroatoms. The van der Waals surface area contributed by atoms with Crippen LogP contribution in [0.5, 0.6) is 17.2 Å². The minimum atomic E-state index is -0.0700. The average Bonchev–Trinajstić information content (AvgIpc) is 2.91. The van der Waals surface area contributed by atoms with Crippen LogP contribution in [-0.4, -0.2) is 22.3 Å². The predicted octanol–water partition coefficient (Wildman–Crippen LogP) is 4.41. The molecule has 1 aromatic heterocycles. The fourth-order valence-corrected chi connectivity index (χ4v) is 2.95. The third kappa shape index (κ3) is 4.71. The van der Waals surface area contributed by atoms with Crippen LogP contribution < -0.4 is 14.8 Å². The molecule has 6 nitrogen and oxygen atoms in total. The van der Waals surface area contributed by atoms with Crippen molar-refractivity contribution in [2.24, 2.45) is 7.05 Å². The zero-order valence-corrected chi connectivity index (χ0v) is 16.7. The van der Waals surface area contributed by atoms with E-state index in [1.165, 1.54) is 0 Å². The van der Waals surface area contributed by atoms with Crippen LogP contribution in [-0.2, 0) is 18.3 Å². The minimum absolute atomic E-state index is 0.0700. The zero-order valence-electron chi connectivity index (χ0n) is 16.7. The highest BCUT2D eigenvalue weighted by molar-refractivity contribution is 5.92. The monoisotopic (exact) mass is 379 g/mol. The van der Waals surface area contributed by atoms with Crippen LogP contribution in [0.15, 0.2) is 48.5 Å². The second-order valence-electron chi connectivity index (χ2n) is 6.53. The smallest absolute Gasteiger partial charge is 0.228 e. The largest absolute Gasteiger partial charge is 0.494 e. The number of ether oxygens (including phenoxy) is 2. The van der Waals surface area contributed by atoms with Gasteiger partial charge in [0.05, 0.1) is 18.7 Å². The van der Waals surface area contributed by atoms with Crippen LogP contribution in [0, 0.1) is 13.8 Å². The van der Waals surface area contributed by atoms with Crippen LogP contribution in [0.1, 0.15) is 23.9 Å². The fourth-order valence-electron chi connectivity index (χ4n) is 2.95. The first kappa shape index (κ1) is 19.5. The van der Waals surface area contributed by atoms with Crippen molar-refractivity contribution >= 4 is 11.6 Å². The summed E-state index contributed by atoms with van der Waals surface area (Å²) in [5.74, 6) is 2.16. The Morgan fingerprint density at radius 3 is 2.11 bits per heavy atom. The van der Waals surface area contributed by atoms with E-state index in [-0.39, 0.29) is 5.91 Å². The van der Waals surface area contributed by atoms with Crippen LogP contribution in [0.25, 0.3) is 0 Å². The molecular formula is C22H25N3O3. The Hall–Kier alpha value is -3.28. The van der Waals surface area contributed by atoms with Gasteiger partial charge in [-0.1, -0.05) is 0 Å². The lowest BCUT2D eigenvalue weighted by atomic mass is 10.1. The molecule has 0 aliphatic rings. The lowest BCUT2D eigenvalue weighted by molar-refractivity contribution is -0.115. The number of hydrogen-bond acceptors (Lipinski definition) is 4. The number of nitrogens with one attached hydrogen (secondary N) is 1. The van der Waals surface area contributed by atoms with Crippen molar-refractivity contribution in [3.8, 4) is 17.2 Å². The minimum Gasteiger partial charge on any atom is -0.494 e. The normalized spacial score (nSPS) is 10.6. The van der Waals surface area contributed by atoms with Crippen molar-refractivity contribution in [1.29, 1.82) is 0 Å². The molecule has 3 rings (SSSR count). The van der Waals surface area contributed by atoms with Gasteiger partial charge in [-0.05, 0) is 69.3 Å². The molecule has 146 valence electrons. The highest BCUT2D eigenvalue weighted by atomic mass is 16.5. The van der Waals surface area contributed by atoms with E-state index in [2.05, 4.69) is 10.4 Å². The number of aromatic nitrogens is 2. The fraction of sp³-hybridized carbons (Fsp3) is 0.273. The van der Waals surface area contributed by atoms with Crippen LogP contribution in [0.3, 0.4) is 0 Å². The third-order valence-electron chi connectivity index (χ3n) is 4.50. The summed E-state index contributed by atoms with van der Waals surface area (Å²) in [6.07, 6.45) is 0.302. The summed E-state index contributed by atoms with van der Waals surface area (Å²) in [6, 6.07) is 14.8. The molecule has 1 N–H and O–H groups in total. The third-order valence-corrected chi connectivity index (χ3v) is 4.50. The first-order valence-electron chi connectivity index (χ1n) is 9.26.